The van der Waals surface area contributed by atoms with E-state index in [1.807, 2.05) is 0 Å². The van der Waals surface area contributed by atoms with E-state index < -0.39 is 29.5 Å². The number of rotatable bonds is 6. The summed E-state index contributed by atoms with van der Waals surface area (Å²) in [5.41, 5.74) is 0.900. The number of ether oxygens (including phenoxy) is 1. The number of aliphatic hydroxyl groups excluding tert-OH is 1. The van der Waals surface area contributed by atoms with Gasteiger partial charge in [0.1, 0.15) is 10.6 Å². The molecule has 0 aliphatic carbocycles. The van der Waals surface area contributed by atoms with Crippen molar-refractivity contribution < 1.29 is 28.6 Å². The van der Waals surface area contributed by atoms with Crippen molar-refractivity contribution in [3.63, 3.8) is 0 Å². The molecule has 1 unspecified atom stereocenters. The number of aromatic nitrogens is 1. The van der Waals surface area contributed by atoms with Crippen molar-refractivity contribution in [2.24, 2.45) is 0 Å². The van der Waals surface area contributed by atoms with Crippen LogP contribution in [0.15, 0.2) is 70.6 Å². The van der Waals surface area contributed by atoms with Gasteiger partial charge in [-0.15, -0.1) is 0 Å². The summed E-state index contributed by atoms with van der Waals surface area (Å²) in [7, 11) is 1.25. The number of aliphatic hydroxyl groups is 1. The lowest BCUT2D eigenvalue weighted by atomic mass is 9.96. The van der Waals surface area contributed by atoms with Crippen molar-refractivity contribution >= 4 is 40.2 Å². The van der Waals surface area contributed by atoms with Crippen LogP contribution >= 0.6 is 11.3 Å². The van der Waals surface area contributed by atoms with Crippen molar-refractivity contribution in [1.29, 1.82) is 0 Å². The number of allylic oxidation sites excluding steroid dienone is 1. The number of nitrogens with zero attached hydrogens (tertiary/aromatic N) is 2. The molecule has 3 heterocycles. The van der Waals surface area contributed by atoms with E-state index in [2.05, 4.69) is 4.98 Å². The van der Waals surface area contributed by atoms with Crippen LogP contribution in [0.25, 0.3) is 6.08 Å². The Balaban J connectivity index is 1.79. The predicted octanol–water partition coefficient (Wildman–Crippen LogP) is 4.01. The summed E-state index contributed by atoms with van der Waals surface area (Å²) >= 11 is 0.956. The fourth-order valence-electron chi connectivity index (χ4n) is 3.41. The van der Waals surface area contributed by atoms with Crippen LogP contribution in [0.2, 0.25) is 0 Å². The first-order valence-electron chi connectivity index (χ1n) is 9.55. The molecular formula is C23H18N2O6S. The molecule has 2 aromatic heterocycles. The first-order valence-corrected chi connectivity index (χ1v) is 10.4. The first kappa shape index (κ1) is 21.3. The van der Waals surface area contributed by atoms with E-state index in [0.29, 0.717) is 17.0 Å². The van der Waals surface area contributed by atoms with Gasteiger partial charge in [-0.3, -0.25) is 14.5 Å². The highest BCUT2D eigenvalue weighted by Gasteiger charge is 2.45. The summed E-state index contributed by atoms with van der Waals surface area (Å²) in [6, 6.07) is 11.2. The molecule has 4 rings (SSSR count). The summed E-state index contributed by atoms with van der Waals surface area (Å²) in [4.78, 5) is 44.0. The largest absolute Gasteiger partial charge is 0.503 e. The van der Waals surface area contributed by atoms with Gasteiger partial charge in [-0.25, -0.2) is 9.78 Å². The van der Waals surface area contributed by atoms with Gasteiger partial charge in [-0.2, -0.15) is 0 Å². The Bertz CT molecular complexity index is 1240. The summed E-state index contributed by atoms with van der Waals surface area (Å²) < 4.78 is 9.97. The number of carbonyl (C=O) groups excluding carboxylic acids is 3. The summed E-state index contributed by atoms with van der Waals surface area (Å²) in [6.07, 6.45) is 4.17. The van der Waals surface area contributed by atoms with Gasteiger partial charge in [-0.05, 0) is 36.8 Å². The Hall–Kier alpha value is -3.98. The quantitative estimate of drug-likeness (QED) is 0.446. The number of ketones is 1. The molecule has 1 atom stereocenters. The normalized spacial score (nSPS) is 16.2. The van der Waals surface area contributed by atoms with E-state index in [1.165, 1.54) is 30.4 Å². The van der Waals surface area contributed by atoms with Crippen LogP contribution in [0.1, 0.15) is 32.7 Å². The van der Waals surface area contributed by atoms with E-state index in [9.17, 15) is 19.5 Å². The molecule has 1 aliphatic rings. The van der Waals surface area contributed by atoms with Crippen molar-refractivity contribution in [3.05, 3.63) is 88.0 Å². The SMILES string of the molecule is COC(=O)c1sc(N2C(=O)C(O)=C(C(=O)/C=C/c3ccco3)C2c2ccccc2)nc1C. The fraction of sp³-hybridized carbons (Fsp3) is 0.130. The highest BCUT2D eigenvalue weighted by atomic mass is 32.1. The zero-order chi connectivity index (χ0) is 22.8. The van der Waals surface area contributed by atoms with Crippen LogP contribution in [0.3, 0.4) is 0 Å². The van der Waals surface area contributed by atoms with Crippen molar-refractivity contribution in [2.45, 2.75) is 13.0 Å². The first-order chi connectivity index (χ1) is 15.4. The Morgan fingerprint density at radius 1 is 1.22 bits per heavy atom. The van der Waals surface area contributed by atoms with Gasteiger partial charge in [0.05, 0.1) is 30.7 Å². The highest BCUT2D eigenvalue weighted by molar-refractivity contribution is 7.17. The molecule has 1 aromatic carbocycles. The molecule has 32 heavy (non-hydrogen) atoms. The van der Waals surface area contributed by atoms with Crippen molar-refractivity contribution in [1.82, 2.24) is 4.98 Å². The molecule has 1 aliphatic heterocycles. The minimum Gasteiger partial charge on any atom is -0.503 e. The zero-order valence-corrected chi connectivity index (χ0v) is 18.0. The minimum absolute atomic E-state index is 0.0866. The van der Waals surface area contributed by atoms with Gasteiger partial charge in [-0.1, -0.05) is 41.7 Å². The number of hydrogen-bond donors (Lipinski definition) is 1. The fourth-order valence-corrected chi connectivity index (χ4v) is 4.42. The lowest BCUT2D eigenvalue weighted by molar-refractivity contribution is -0.117. The molecular weight excluding hydrogens is 432 g/mol. The van der Waals surface area contributed by atoms with Gasteiger partial charge < -0.3 is 14.3 Å². The second-order valence-corrected chi connectivity index (χ2v) is 7.84. The number of amides is 1. The zero-order valence-electron chi connectivity index (χ0n) is 17.1. The molecule has 0 fully saturated rings. The van der Waals surface area contributed by atoms with Gasteiger partial charge in [0.2, 0.25) is 0 Å². The molecule has 0 bridgehead atoms. The van der Waals surface area contributed by atoms with Gasteiger partial charge in [0.25, 0.3) is 5.91 Å². The topological polar surface area (TPSA) is 110 Å². The number of aryl methyl sites for hydroxylation is 1. The number of thiazole rings is 1. The molecule has 8 nitrogen and oxygen atoms in total. The number of esters is 1. The number of furan rings is 1. The Morgan fingerprint density at radius 2 is 1.97 bits per heavy atom. The molecule has 0 saturated heterocycles. The molecule has 0 spiro atoms. The molecule has 1 amide bonds. The van der Waals surface area contributed by atoms with E-state index in [1.54, 1.807) is 49.4 Å². The lowest BCUT2D eigenvalue weighted by Crippen LogP contribution is -2.30. The second-order valence-electron chi connectivity index (χ2n) is 6.87. The number of carbonyl (C=O) groups is 3. The number of benzene rings is 1. The maximum Gasteiger partial charge on any atom is 0.350 e. The smallest absolute Gasteiger partial charge is 0.350 e. The van der Waals surface area contributed by atoms with Gasteiger partial charge in [0.15, 0.2) is 16.7 Å². The summed E-state index contributed by atoms with van der Waals surface area (Å²) in [5, 5.41) is 10.8. The van der Waals surface area contributed by atoms with E-state index in [-0.39, 0.29) is 15.6 Å². The number of methoxy groups -OCH3 is 1. The van der Waals surface area contributed by atoms with E-state index in [4.69, 9.17) is 9.15 Å². The lowest BCUT2D eigenvalue weighted by Gasteiger charge is -2.24. The molecule has 1 N–H and O–H groups in total. The van der Waals surface area contributed by atoms with E-state index >= 15 is 0 Å². The Labute approximate surface area is 187 Å². The number of hydrogen-bond acceptors (Lipinski definition) is 8. The Morgan fingerprint density at radius 3 is 2.62 bits per heavy atom. The minimum atomic E-state index is -0.923. The van der Waals surface area contributed by atoms with Gasteiger partial charge >= 0.3 is 5.97 Å². The average molecular weight is 450 g/mol. The van der Waals surface area contributed by atoms with E-state index in [0.717, 1.165) is 11.3 Å². The molecule has 0 saturated carbocycles. The second kappa shape index (κ2) is 8.64. The predicted molar refractivity (Wildman–Crippen MR) is 117 cm³/mol. The number of anilines is 1. The monoisotopic (exact) mass is 450 g/mol. The van der Waals surface area contributed by atoms with Crippen LogP contribution in [-0.4, -0.2) is 34.9 Å². The third-order valence-electron chi connectivity index (χ3n) is 4.89. The van der Waals surface area contributed by atoms with Crippen molar-refractivity contribution in [2.75, 3.05) is 12.0 Å². The maximum atomic E-state index is 13.1. The average Bonchev–Trinajstić information content (AvgIpc) is 3.51. The van der Waals surface area contributed by atoms with Crippen LogP contribution < -0.4 is 4.90 Å². The van der Waals surface area contributed by atoms with Crippen LogP contribution in [0.5, 0.6) is 0 Å². The summed E-state index contributed by atoms with van der Waals surface area (Å²) in [6.45, 7) is 1.62. The Kier molecular flexibility index (Phi) is 5.74. The van der Waals surface area contributed by atoms with Crippen LogP contribution in [0.4, 0.5) is 5.13 Å². The molecule has 162 valence electrons. The standard InChI is InChI=1S/C23H18N2O6S/c1-13-20(22(29)30-2)32-23(24-13)25-18(14-7-4-3-5-8-14)17(19(27)21(25)28)16(26)11-10-15-9-6-12-31-15/h3-12,18,27H,1-2H3/b11-10+. The third-order valence-corrected chi connectivity index (χ3v) is 6.03. The van der Waals surface area contributed by atoms with Crippen LogP contribution in [0, 0.1) is 6.92 Å². The maximum absolute atomic E-state index is 13.1. The molecule has 9 heteroatoms. The highest BCUT2D eigenvalue weighted by Crippen LogP contribution is 2.43. The van der Waals surface area contributed by atoms with Crippen LogP contribution in [-0.2, 0) is 14.3 Å². The van der Waals surface area contributed by atoms with Crippen molar-refractivity contribution in [3.8, 4) is 0 Å². The van der Waals surface area contributed by atoms with Gasteiger partial charge in [0, 0.05) is 0 Å². The summed E-state index contributed by atoms with van der Waals surface area (Å²) in [5.74, 6) is -2.12. The molecule has 3 aromatic rings. The third kappa shape index (κ3) is 3.74. The molecule has 0 radical (unpaired) electrons.